The molecule has 7 heteroatoms. The lowest BCUT2D eigenvalue weighted by Crippen LogP contribution is -2.54. The number of carbonyl (C=O) groups is 2. The molecular formula is C16H21FN2O4. The summed E-state index contributed by atoms with van der Waals surface area (Å²) in [5.74, 6) is 0. The van der Waals surface area contributed by atoms with Gasteiger partial charge in [0.2, 0.25) is 0 Å². The number of nitrogens with zero attached hydrogens (tertiary/aromatic N) is 1. The van der Waals surface area contributed by atoms with Crippen LogP contribution in [0.3, 0.4) is 0 Å². The number of carbonyl (C=O) groups excluding carboxylic acids is 1. The van der Waals surface area contributed by atoms with Crippen LogP contribution >= 0.6 is 0 Å². The van der Waals surface area contributed by atoms with Gasteiger partial charge in [0.1, 0.15) is 12.8 Å². The van der Waals surface area contributed by atoms with Gasteiger partial charge in [-0.25, -0.2) is 14.0 Å². The molecule has 2 rings (SSSR count). The summed E-state index contributed by atoms with van der Waals surface area (Å²) in [6, 6.07) is 9.18. The maximum Gasteiger partial charge on any atom is 0.407 e. The molecule has 1 unspecified atom stereocenters. The number of alkyl halides is 1. The quantitative estimate of drug-likeness (QED) is 0.896. The maximum absolute atomic E-state index is 13.9. The van der Waals surface area contributed by atoms with Crippen LogP contribution in [0.25, 0.3) is 0 Å². The standard InChI is InChI=1S/C16H21FN2O4/c1-16(9-13(17)7-8-19(11-16)15(21)22)18-14(20)23-10-12-5-3-2-4-6-12/h2-6,13H,7-11H2,1H3,(H,18,20)(H,21,22)/t13?,16-/m0/s1. The van der Waals surface area contributed by atoms with E-state index in [4.69, 9.17) is 9.84 Å². The van der Waals surface area contributed by atoms with Gasteiger partial charge in [-0.3, -0.25) is 0 Å². The zero-order chi connectivity index (χ0) is 16.9. The number of likely N-dealkylation sites (tertiary alicyclic amines) is 1. The molecule has 1 fully saturated rings. The number of halogens is 1. The molecule has 2 N–H and O–H groups in total. The average Bonchev–Trinajstić information content (AvgIpc) is 2.64. The van der Waals surface area contributed by atoms with E-state index < -0.39 is 23.9 Å². The number of nitrogens with one attached hydrogen (secondary N) is 1. The van der Waals surface area contributed by atoms with Crippen molar-refractivity contribution in [3.05, 3.63) is 35.9 Å². The highest BCUT2D eigenvalue weighted by molar-refractivity contribution is 5.69. The average molecular weight is 324 g/mol. The Balaban J connectivity index is 1.94. The minimum absolute atomic E-state index is 0.0309. The molecule has 1 saturated heterocycles. The zero-order valence-electron chi connectivity index (χ0n) is 13.0. The van der Waals surface area contributed by atoms with Crippen molar-refractivity contribution >= 4 is 12.2 Å². The van der Waals surface area contributed by atoms with Gasteiger partial charge in [0.15, 0.2) is 0 Å². The Hall–Kier alpha value is -2.31. The number of benzene rings is 1. The van der Waals surface area contributed by atoms with Crippen molar-refractivity contribution in [1.29, 1.82) is 0 Å². The molecule has 6 nitrogen and oxygen atoms in total. The van der Waals surface area contributed by atoms with Crippen molar-refractivity contribution in [3.8, 4) is 0 Å². The SMILES string of the molecule is C[C@]1(NC(=O)OCc2ccccc2)CC(F)CCN(C(=O)O)C1. The van der Waals surface area contributed by atoms with Gasteiger partial charge in [0.05, 0.1) is 5.54 Å². The van der Waals surface area contributed by atoms with E-state index in [0.29, 0.717) is 0 Å². The fraction of sp³-hybridized carbons (Fsp3) is 0.500. The second-order valence-electron chi connectivity index (χ2n) is 6.04. The summed E-state index contributed by atoms with van der Waals surface area (Å²) in [4.78, 5) is 24.2. The maximum atomic E-state index is 13.9. The molecule has 1 aromatic rings. The van der Waals surface area contributed by atoms with Crippen molar-refractivity contribution in [2.75, 3.05) is 13.1 Å². The lowest BCUT2D eigenvalue weighted by atomic mass is 9.95. The van der Waals surface area contributed by atoms with Gasteiger partial charge in [-0.2, -0.15) is 0 Å². The first-order valence-electron chi connectivity index (χ1n) is 7.49. The van der Waals surface area contributed by atoms with Crippen LogP contribution in [-0.2, 0) is 11.3 Å². The highest BCUT2D eigenvalue weighted by atomic mass is 19.1. The second-order valence-corrected chi connectivity index (χ2v) is 6.04. The molecule has 126 valence electrons. The Morgan fingerprint density at radius 2 is 2.13 bits per heavy atom. The van der Waals surface area contributed by atoms with Crippen LogP contribution in [0.5, 0.6) is 0 Å². The Morgan fingerprint density at radius 1 is 1.43 bits per heavy atom. The summed E-state index contributed by atoms with van der Waals surface area (Å²) >= 11 is 0. The number of ether oxygens (including phenoxy) is 1. The van der Waals surface area contributed by atoms with Crippen molar-refractivity contribution in [2.24, 2.45) is 0 Å². The summed E-state index contributed by atoms with van der Waals surface area (Å²) in [7, 11) is 0. The van der Waals surface area contributed by atoms with Crippen LogP contribution < -0.4 is 5.32 Å². The van der Waals surface area contributed by atoms with Crippen LogP contribution in [0.15, 0.2) is 30.3 Å². The first-order valence-corrected chi connectivity index (χ1v) is 7.49. The van der Waals surface area contributed by atoms with Gasteiger partial charge in [-0.1, -0.05) is 30.3 Å². The minimum Gasteiger partial charge on any atom is -0.465 e. The highest BCUT2D eigenvalue weighted by Gasteiger charge is 2.37. The summed E-state index contributed by atoms with van der Waals surface area (Å²) in [5.41, 5.74) is -0.161. The van der Waals surface area contributed by atoms with Crippen LogP contribution in [0, 0.1) is 0 Å². The molecule has 0 spiro atoms. The smallest absolute Gasteiger partial charge is 0.407 e. The van der Waals surface area contributed by atoms with Crippen LogP contribution in [0.1, 0.15) is 25.3 Å². The van der Waals surface area contributed by atoms with E-state index in [0.717, 1.165) is 10.5 Å². The number of rotatable bonds is 3. The monoisotopic (exact) mass is 324 g/mol. The summed E-state index contributed by atoms with van der Waals surface area (Å²) in [6.07, 6.45) is -2.79. The Kier molecular flexibility index (Phi) is 5.41. The molecule has 1 heterocycles. The first kappa shape index (κ1) is 17.1. The molecule has 0 aliphatic carbocycles. The number of hydrogen-bond donors (Lipinski definition) is 2. The third kappa shape index (κ3) is 5.12. The molecule has 0 bridgehead atoms. The van der Waals surface area contributed by atoms with Crippen molar-refractivity contribution in [1.82, 2.24) is 10.2 Å². The number of amides is 2. The first-order chi connectivity index (χ1) is 10.9. The van der Waals surface area contributed by atoms with Gasteiger partial charge in [-0.15, -0.1) is 0 Å². The molecule has 1 aliphatic rings. The minimum atomic E-state index is -1.17. The van der Waals surface area contributed by atoms with Gasteiger partial charge in [0, 0.05) is 19.5 Å². The van der Waals surface area contributed by atoms with Crippen molar-refractivity contribution in [2.45, 2.75) is 38.1 Å². The van der Waals surface area contributed by atoms with Crippen molar-refractivity contribution < 1.29 is 23.8 Å². The van der Waals surface area contributed by atoms with E-state index in [1.54, 1.807) is 6.92 Å². The molecule has 1 aromatic carbocycles. The van der Waals surface area contributed by atoms with E-state index in [1.165, 1.54) is 0 Å². The van der Waals surface area contributed by atoms with Crippen molar-refractivity contribution in [3.63, 3.8) is 0 Å². The fourth-order valence-electron chi connectivity index (χ4n) is 2.71. The molecule has 0 saturated carbocycles. The Morgan fingerprint density at radius 3 is 2.78 bits per heavy atom. The Bertz CT molecular complexity index is 554. The molecule has 0 aromatic heterocycles. The zero-order valence-corrected chi connectivity index (χ0v) is 13.0. The normalized spacial score (nSPS) is 24.6. The van der Waals surface area contributed by atoms with Crippen LogP contribution in [0.4, 0.5) is 14.0 Å². The van der Waals surface area contributed by atoms with E-state index in [-0.39, 0.29) is 32.5 Å². The third-order valence-electron chi connectivity index (χ3n) is 3.81. The fourth-order valence-corrected chi connectivity index (χ4v) is 2.71. The lowest BCUT2D eigenvalue weighted by Gasteiger charge is -2.32. The largest absolute Gasteiger partial charge is 0.465 e. The molecule has 0 radical (unpaired) electrons. The van der Waals surface area contributed by atoms with E-state index in [2.05, 4.69) is 5.32 Å². The van der Waals surface area contributed by atoms with Gasteiger partial charge in [-0.05, 0) is 18.9 Å². The van der Waals surface area contributed by atoms with Gasteiger partial charge >= 0.3 is 12.2 Å². The molecular weight excluding hydrogens is 303 g/mol. The summed E-state index contributed by atoms with van der Waals surface area (Å²) in [6.45, 7) is 1.88. The van der Waals surface area contributed by atoms with E-state index in [9.17, 15) is 14.0 Å². The second kappa shape index (κ2) is 7.30. The van der Waals surface area contributed by atoms with E-state index >= 15 is 0 Å². The van der Waals surface area contributed by atoms with Crippen LogP contribution in [0.2, 0.25) is 0 Å². The number of alkyl carbamates (subject to hydrolysis) is 1. The Labute approximate surface area is 134 Å². The topological polar surface area (TPSA) is 78.9 Å². The van der Waals surface area contributed by atoms with E-state index in [1.807, 2.05) is 30.3 Å². The molecule has 1 aliphatic heterocycles. The molecule has 23 heavy (non-hydrogen) atoms. The molecule has 2 amide bonds. The number of carboxylic acid groups (broad SMARTS) is 1. The summed E-state index contributed by atoms with van der Waals surface area (Å²) < 4.78 is 19.0. The third-order valence-corrected chi connectivity index (χ3v) is 3.81. The van der Waals surface area contributed by atoms with Crippen LogP contribution in [-0.4, -0.2) is 47.0 Å². The van der Waals surface area contributed by atoms with Gasteiger partial charge < -0.3 is 20.1 Å². The summed E-state index contributed by atoms with van der Waals surface area (Å²) in [5, 5.41) is 11.7. The predicted molar refractivity (Wildman–Crippen MR) is 81.9 cm³/mol. The number of hydrogen-bond acceptors (Lipinski definition) is 3. The predicted octanol–water partition coefficient (Wildman–Crippen LogP) is 2.78. The highest BCUT2D eigenvalue weighted by Crippen LogP contribution is 2.23. The lowest BCUT2D eigenvalue weighted by molar-refractivity contribution is 0.110. The van der Waals surface area contributed by atoms with Gasteiger partial charge in [0.25, 0.3) is 0 Å². The molecule has 2 atom stereocenters.